The van der Waals surface area contributed by atoms with Crippen LogP contribution in [0.3, 0.4) is 0 Å². The number of fused-ring (bicyclic) bond motifs is 2. The molecule has 1 unspecified atom stereocenters. The van der Waals surface area contributed by atoms with Crippen LogP contribution in [0.4, 0.5) is 24.7 Å². The van der Waals surface area contributed by atoms with Crippen molar-refractivity contribution in [3.05, 3.63) is 53.7 Å². The van der Waals surface area contributed by atoms with Gasteiger partial charge in [0.15, 0.2) is 0 Å². The van der Waals surface area contributed by atoms with Crippen LogP contribution in [0.15, 0.2) is 42.6 Å². The molecule has 1 aliphatic heterocycles. The van der Waals surface area contributed by atoms with Crippen molar-refractivity contribution in [3.8, 4) is 0 Å². The molecule has 20 heavy (non-hydrogen) atoms. The molecule has 1 atom stereocenters. The highest BCUT2D eigenvalue weighted by Gasteiger charge is 2.59. The van der Waals surface area contributed by atoms with Gasteiger partial charge >= 0.3 is 6.18 Å². The number of nitrogens with one attached hydrogen (secondary N) is 1. The number of para-hydroxylation sites is 1. The van der Waals surface area contributed by atoms with Crippen LogP contribution in [-0.2, 0) is 5.41 Å². The smallest absolute Gasteiger partial charge is 0.340 e. The molecule has 1 N–H and O–H groups in total. The number of halogens is 3. The van der Waals surface area contributed by atoms with Gasteiger partial charge in [0.25, 0.3) is 0 Å². The van der Waals surface area contributed by atoms with Crippen LogP contribution >= 0.6 is 0 Å². The molecule has 0 radical (unpaired) electrons. The number of anilines is 2. The van der Waals surface area contributed by atoms with E-state index in [0.717, 1.165) is 0 Å². The van der Waals surface area contributed by atoms with Crippen LogP contribution in [0.5, 0.6) is 0 Å². The Balaban J connectivity index is 2.38. The molecule has 5 heteroatoms. The van der Waals surface area contributed by atoms with Crippen LogP contribution < -0.4 is 5.32 Å². The molecule has 0 spiro atoms. The highest BCUT2D eigenvalue weighted by Crippen LogP contribution is 2.55. The summed E-state index contributed by atoms with van der Waals surface area (Å²) in [4.78, 5) is 4.06. The van der Waals surface area contributed by atoms with Crippen LogP contribution in [-0.4, -0.2) is 11.2 Å². The summed E-state index contributed by atoms with van der Waals surface area (Å²) in [6, 6.07) is 9.60. The molecule has 2 aromatic rings. The van der Waals surface area contributed by atoms with Crippen LogP contribution in [0.2, 0.25) is 0 Å². The van der Waals surface area contributed by atoms with Crippen molar-refractivity contribution in [1.29, 1.82) is 0 Å². The summed E-state index contributed by atoms with van der Waals surface area (Å²) >= 11 is 0. The predicted octanol–water partition coefficient (Wildman–Crippen LogP) is 4.40. The fraction of sp³-hybridized carbons (Fsp3) is 0.267. The molecular weight excluding hydrogens is 265 g/mol. The molecule has 0 aliphatic carbocycles. The van der Waals surface area contributed by atoms with Crippen molar-refractivity contribution in [3.63, 3.8) is 0 Å². The third-order valence-corrected chi connectivity index (χ3v) is 3.92. The number of pyridine rings is 1. The lowest BCUT2D eigenvalue weighted by Crippen LogP contribution is -2.45. The number of benzene rings is 1. The first kappa shape index (κ1) is 13.0. The van der Waals surface area contributed by atoms with Gasteiger partial charge in [-0.15, -0.1) is 0 Å². The van der Waals surface area contributed by atoms with E-state index in [1.807, 2.05) is 0 Å². The predicted molar refractivity (Wildman–Crippen MR) is 71.1 cm³/mol. The van der Waals surface area contributed by atoms with Gasteiger partial charge in [-0.1, -0.05) is 31.2 Å². The second kappa shape index (κ2) is 4.23. The molecule has 0 saturated carbocycles. The Hall–Kier alpha value is -2.04. The van der Waals surface area contributed by atoms with Gasteiger partial charge in [0.2, 0.25) is 0 Å². The van der Waals surface area contributed by atoms with Gasteiger partial charge in [-0.3, -0.25) is 0 Å². The molecule has 0 amide bonds. The highest BCUT2D eigenvalue weighted by atomic mass is 19.4. The summed E-state index contributed by atoms with van der Waals surface area (Å²) < 4.78 is 41.7. The summed E-state index contributed by atoms with van der Waals surface area (Å²) in [5, 5.41) is 2.99. The average molecular weight is 278 g/mol. The molecule has 2 heterocycles. The van der Waals surface area contributed by atoms with Gasteiger partial charge in [0.1, 0.15) is 11.2 Å². The number of nitrogens with zero attached hydrogens (tertiary/aromatic N) is 1. The van der Waals surface area contributed by atoms with E-state index < -0.39 is 11.6 Å². The minimum Gasteiger partial charge on any atom is -0.340 e. The van der Waals surface area contributed by atoms with E-state index in [0.29, 0.717) is 5.69 Å². The zero-order valence-corrected chi connectivity index (χ0v) is 10.8. The zero-order valence-electron chi connectivity index (χ0n) is 10.8. The highest BCUT2D eigenvalue weighted by molar-refractivity contribution is 5.74. The molecule has 3 rings (SSSR count). The Labute approximate surface area is 114 Å². The molecule has 0 fully saturated rings. The third-order valence-electron chi connectivity index (χ3n) is 3.92. The van der Waals surface area contributed by atoms with E-state index in [9.17, 15) is 13.2 Å². The second-order valence-electron chi connectivity index (χ2n) is 4.83. The van der Waals surface area contributed by atoms with Gasteiger partial charge in [-0.05, 0) is 24.1 Å². The normalized spacial score (nSPS) is 20.8. The molecule has 0 saturated heterocycles. The Kier molecular flexibility index (Phi) is 2.74. The number of aromatic nitrogens is 1. The Bertz CT molecular complexity index is 604. The van der Waals surface area contributed by atoms with Crippen molar-refractivity contribution in [1.82, 2.24) is 4.98 Å². The minimum atomic E-state index is -4.38. The number of hydrogen-bond donors (Lipinski definition) is 1. The van der Waals surface area contributed by atoms with Gasteiger partial charge in [-0.25, -0.2) is 4.98 Å². The van der Waals surface area contributed by atoms with E-state index in [4.69, 9.17) is 0 Å². The number of rotatable bonds is 1. The minimum absolute atomic E-state index is 0.0616. The summed E-state index contributed by atoms with van der Waals surface area (Å²) in [5.74, 6) is 0.283. The van der Waals surface area contributed by atoms with Gasteiger partial charge in [0, 0.05) is 17.4 Å². The summed E-state index contributed by atoms with van der Waals surface area (Å²) in [6.45, 7) is 1.56. The largest absolute Gasteiger partial charge is 0.402 e. The fourth-order valence-corrected chi connectivity index (χ4v) is 2.97. The van der Waals surface area contributed by atoms with E-state index in [-0.39, 0.29) is 23.4 Å². The molecule has 2 nitrogen and oxygen atoms in total. The average Bonchev–Trinajstić information content (AvgIpc) is 2.43. The SMILES string of the molecule is CCC1(C(F)(F)F)c2ccccc2Nc2ncccc21. The molecule has 104 valence electrons. The lowest BCUT2D eigenvalue weighted by molar-refractivity contribution is -0.179. The maximum Gasteiger partial charge on any atom is 0.402 e. The van der Waals surface area contributed by atoms with E-state index in [1.54, 1.807) is 31.2 Å². The number of hydrogen-bond acceptors (Lipinski definition) is 2. The fourth-order valence-electron chi connectivity index (χ4n) is 2.97. The Morgan fingerprint density at radius 2 is 1.80 bits per heavy atom. The lowest BCUT2D eigenvalue weighted by atomic mass is 9.69. The maximum atomic E-state index is 13.9. The van der Waals surface area contributed by atoms with Crippen LogP contribution in [0, 0.1) is 0 Å². The van der Waals surface area contributed by atoms with E-state index in [2.05, 4.69) is 10.3 Å². The molecule has 1 aromatic carbocycles. The zero-order chi connectivity index (χ0) is 14.4. The van der Waals surface area contributed by atoms with Crippen LogP contribution in [0.1, 0.15) is 24.5 Å². The maximum absolute atomic E-state index is 13.9. The van der Waals surface area contributed by atoms with Gasteiger partial charge in [0.05, 0.1) is 0 Å². The first-order valence-corrected chi connectivity index (χ1v) is 6.39. The van der Waals surface area contributed by atoms with E-state index in [1.165, 1.54) is 18.3 Å². The topological polar surface area (TPSA) is 24.9 Å². The third kappa shape index (κ3) is 1.55. The standard InChI is InChI=1S/C15H13F3N2/c1-2-14(15(16,17)18)10-6-3-4-8-12(10)20-13-11(14)7-5-9-19-13/h3-9H,2H2,1H3,(H,19,20). The van der Waals surface area contributed by atoms with Crippen molar-refractivity contribution < 1.29 is 13.2 Å². The molecule has 1 aliphatic rings. The van der Waals surface area contributed by atoms with Crippen molar-refractivity contribution in [2.75, 3.05) is 5.32 Å². The monoisotopic (exact) mass is 278 g/mol. The quantitative estimate of drug-likeness (QED) is 0.836. The molecule has 0 bridgehead atoms. The van der Waals surface area contributed by atoms with Crippen molar-refractivity contribution >= 4 is 11.5 Å². The molecular formula is C15H13F3N2. The van der Waals surface area contributed by atoms with Crippen molar-refractivity contribution in [2.24, 2.45) is 0 Å². The molecule has 1 aromatic heterocycles. The first-order chi connectivity index (χ1) is 9.50. The lowest BCUT2D eigenvalue weighted by Gasteiger charge is -2.41. The first-order valence-electron chi connectivity index (χ1n) is 6.39. The summed E-state index contributed by atoms with van der Waals surface area (Å²) in [5.41, 5.74) is -1.08. The Morgan fingerprint density at radius 3 is 2.50 bits per heavy atom. The van der Waals surface area contributed by atoms with Gasteiger partial charge < -0.3 is 5.32 Å². The Morgan fingerprint density at radius 1 is 1.10 bits per heavy atom. The summed E-state index contributed by atoms with van der Waals surface area (Å²) in [7, 11) is 0. The van der Waals surface area contributed by atoms with Gasteiger partial charge in [-0.2, -0.15) is 13.2 Å². The number of alkyl halides is 3. The van der Waals surface area contributed by atoms with E-state index >= 15 is 0 Å². The van der Waals surface area contributed by atoms with Crippen molar-refractivity contribution in [2.45, 2.75) is 24.9 Å². The second-order valence-corrected chi connectivity index (χ2v) is 4.83. The summed E-state index contributed by atoms with van der Waals surface area (Å²) in [6.07, 6.45) is -2.94. The van der Waals surface area contributed by atoms with Crippen LogP contribution in [0.25, 0.3) is 0 Å².